The number of esters is 1. The predicted molar refractivity (Wildman–Crippen MR) is 66.2 cm³/mol. The van der Waals surface area contributed by atoms with Gasteiger partial charge in [0.05, 0.1) is 18.8 Å². The normalized spacial score (nSPS) is 10.3. The molecule has 0 heterocycles. The summed E-state index contributed by atoms with van der Waals surface area (Å²) in [5.41, 5.74) is 1.43. The summed E-state index contributed by atoms with van der Waals surface area (Å²) in [6.45, 7) is 3.92. The van der Waals surface area contributed by atoms with Crippen LogP contribution in [0.15, 0.2) is 18.2 Å². The number of carbonyl (C=O) groups excluding carboxylic acids is 1. The van der Waals surface area contributed by atoms with Crippen molar-refractivity contribution in [3.8, 4) is 5.75 Å². The van der Waals surface area contributed by atoms with Crippen molar-refractivity contribution < 1.29 is 14.3 Å². The van der Waals surface area contributed by atoms with E-state index >= 15 is 0 Å². The van der Waals surface area contributed by atoms with Crippen LogP contribution in [0.2, 0.25) is 0 Å². The van der Waals surface area contributed by atoms with Crippen molar-refractivity contribution in [2.24, 2.45) is 0 Å². The third-order valence-corrected chi connectivity index (χ3v) is 2.60. The van der Waals surface area contributed by atoms with Gasteiger partial charge in [-0.05, 0) is 37.6 Å². The van der Waals surface area contributed by atoms with E-state index in [1.165, 1.54) is 7.11 Å². The molecule has 16 heavy (non-hydrogen) atoms. The van der Waals surface area contributed by atoms with Crippen LogP contribution in [0.3, 0.4) is 0 Å². The third kappa shape index (κ3) is 3.23. The molecule has 0 atom stereocenters. The van der Waals surface area contributed by atoms with Crippen LogP contribution in [-0.2, 0) is 10.1 Å². The molecule has 4 heteroatoms. The fourth-order valence-corrected chi connectivity index (χ4v) is 1.80. The van der Waals surface area contributed by atoms with Gasteiger partial charge in [-0.1, -0.05) is 15.9 Å². The minimum atomic E-state index is -0.328. The van der Waals surface area contributed by atoms with Gasteiger partial charge in [0.2, 0.25) is 0 Å². The van der Waals surface area contributed by atoms with E-state index in [4.69, 9.17) is 9.47 Å². The fraction of sp³-hybridized carbons (Fsp3) is 0.417. The molecule has 1 rings (SSSR count). The van der Waals surface area contributed by atoms with Gasteiger partial charge in [0.1, 0.15) is 5.75 Å². The Bertz CT molecular complexity index is 375. The van der Waals surface area contributed by atoms with Crippen LogP contribution in [0.25, 0.3) is 0 Å². The summed E-state index contributed by atoms with van der Waals surface area (Å²) in [5.74, 6) is 0.433. The molecule has 0 N–H and O–H groups in total. The van der Waals surface area contributed by atoms with Gasteiger partial charge in [-0.15, -0.1) is 0 Å². The number of hydrogen-bond acceptors (Lipinski definition) is 3. The average Bonchev–Trinajstić information content (AvgIpc) is 2.27. The zero-order valence-corrected chi connectivity index (χ0v) is 11.2. The highest BCUT2D eigenvalue weighted by Gasteiger charge is 2.12. The summed E-state index contributed by atoms with van der Waals surface area (Å²) >= 11 is 3.34. The molecule has 0 amide bonds. The molecule has 1 aromatic carbocycles. The molecule has 0 fully saturated rings. The van der Waals surface area contributed by atoms with E-state index in [2.05, 4.69) is 15.9 Å². The van der Waals surface area contributed by atoms with Gasteiger partial charge in [-0.3, -0.25) is 0 Å². The molecule has 0 aliphatic carbocycles. The number of carbonyl (C=O) groups is 1. The van der Waals surface area contributed by atoms with Crippen molar-refractivity contribution in [1.82, 2.24) is 0 Å². The number of hydrogen-bond donors (Lipinski definition) is 0. The molecular formula is C12H15BrO3. The van der Waals surface area contributed by atoms with E-state index in [9.17, 15) is 4.79 Å². The monoisotopic (exact) mass is 286 g/mol. The summed E-state index contributed by atoms with van der Waals surface area (Å²) in [7, 11) is 1.37. The van der Waals surface area contributed by atoms with E-state index in [1.807, 2.05) is 19.9 Å². The lowest BCUT2D eigenvalue weighted by Gasteiger charge is -2.12. The Balaban J connectivity index is 3.01. The molecule has 0 spiro atoms. The van der Waals surface area contributed by atoms with Crippen LogP contribution in [0.1, 0.15) is 29.8 Å². The van der Waals surface area contributed by atoms with E-state index in [0.717, 1.165) is 11.3 Å². The van der Waals surface area contributed by atoms with Gasteiger partial charge in [-0.2, -0.15) is 0 Å². The Labute approximate surface area is 104 Å². The summed E-state index contributed by atoms with van der Waals surface area (Å²) in [5, 5.41) is 0.590. The standard InChI is InChI=1S/C12H15BrO3/c1-8(2)16-10-4-5-11(12(14)15-3)9(6-10)7-13/h4-6,8H,7H2,1-3H3. The zero-order valence-electron chi connectivity index (χ0n) is 9.62. The molecule has 0 radical (unpaired) electrons. The average molecular weight is 287 g/mol. The van der Waals surface area contributed by atoms with Crippen LogP contribution in [0.4, 0.5) is 0 Å². The van der Waals surface area contributed by atoms with Crippen LogP contribution < -0.4 is 4.74 Å². The summed E-state index contributed by atoms with van der Waals surface area (Å²) < 4.78 is 10.3. The molecule has 0 saturated heterocycles. The summed E-state index contributed by atoms with van der Waals surface area (Å²) in [6.07, 6.45) is 0.118. The van der Waals surface area contributed by atoms with Gasteiger partial charge in [-0.25, -0.2) is 4.79 Å². The van der Waals surface area contributed by atoms with Crippen LogP contribution in [-0.4, -0.2) is 19.2 Å². The number of methoxy groups -OCH3 is 1. The largest absolute Gasteiger partial charge is 0.491 e. The Kier molecular flexibility index (Phi) is 4.80. The lowest BCUT2D eigenvalue weighted by atomic mass is 10.1. The highest BCUT2D eigenvalue weighted by Crippen LogP contribution is 2.21. The summed E-state index contributed by atoms with van der Waals surface area (Å²) in [4.78, 5) is 11.4. The van der Waals surface area contributed by atoms with Gasteiger partial charge in [0, 0.05) is 5.33 Å². The Morgan fingerprint density at radius 3 is 2.62 bits per heavy atom. The van der Waals surface area contributed by atoms with E-state index in [1.54, 1.807) is 12.1 Å². The molecule has 1 aromatic rings. The predicted octanol–water partition coefficient (Wildman–Crippen LogP) is 3.16. The van der Waals surface area contributed by atoms with Crippen molar-refractivity contribution in [3.63, 3.8) is 0 Å². The molecule has 0 aliphatic rings. The first kappa shape index (κ1) is 13.0. The molecule has 0 unspecified atom stereocenters. The number of ether oxygens (including phenoxy) is 2. The quantitative estimate of drug-likeness (QED) is 0.630. The molecule has 0 aromatic heterocycles. The minimum Gasteiger partial charge on any atom is -0.491 e. The molecule has 88 valence electrons. The SMILES string of the molecule is COC(=O)c1ccc(OC(C)C)cc1CBr. The minimum absolute atomic E-state index is 0.118. The van der Waals surface area contributed by atoms with Gasteiger partial charge >= 0.3 is 5.97 Å². The lowest BCUT2D eigenvalue weighted by molar-refractivity contribution is 0.0600. The number of alkyl halides is 1. The van der Waals surface area contributed by atoms with Gasteiger partial charge in [0.25, 0.3) is 0 Å². The molecule has 0 bridgehead atoms. The maximum absolute atomic E-state index is 11.4. The van der Waals surface area contributed by atoms with Gasteiger partial charge < -0.3 is 9.47 Å². The second kappa shape index (κ2) is 5.89. The maximum atomic E-state index is 11.4. The van der Waals surface area contributed by atoms with Crippen molar-refractivity contribution in [3.05, 3.63) is 29.3 Å². The van der Waals surface area contributed by atoms with E-state index < -0.39 is 0 Å². The maximum Gasteiger partial charge on any atom is 0.338 e. The first-order valence-corrected chi connectivity index (χ1v) is 6.14. The smallest absolute Gasteiger partial charge is 0.338 e. The van der Waals surface area contributed by atoms with Crippen molar-refractivity contribution in [1.29, 1.82) is 0 Å². The van der Waals surface area contributed by atoms with Crippen molar-refractivity contribution in [2.45, 2.75) is 25.3 Å². The molecule has 0 aliphatic heterocycles. The zero-order chi connectivity index (χ0) is 12.1. The fourth-order valence-electron chi connectivity index (χ4n) is 1.34. The lowest BCUT2D eigenvalue weighted by Crippen LogP contribution is -2.08. The molecular weight excluding hydrogens is 272 g/mol. The van der Waals surface area contributed by atoms with Crippen LogP contribution in [0.5, 0.6) is 5.75 Å². The highest BCUT2D eigenvalue weighted by molar-refractivity contribution is 9.08. The number of rotatable bonds is 4. The summed E-state index contributed by atoms with van der Waals surface area (Å²) in [6, 6.07) is 5.35. The van der Waals surface area contributed by atoms with Crippen molar-refractivity contribution >= 4 is 21.9 Å². The topological polar surface area (TPSA) is 35.5 Å². The third-order valence-electron chi connectivity index (χ3n) is 2.00. The van der Waals surface area contributed by atoms with E-state index in [0.29, 0.717) is 10.9 Å². The van der Waals surface area contributed by atoms with Crippen molar-refractivity contribution in [2.75, 3.05) is 7.11 Å². The number of halogens is 1. The molecule has 0 saturated carbocycles. The highest BCUT2D eigenvalue weighted by atomic mass is 79.9. The Hall–Kier alpha value is -1.03. The van der Waals surface area contributed by atoms with Crippen LogP contribution in [0, 0.1) is 0 Å². The molecule has 3 nitrogen and oxygen atoms in total. The van der Waals surface area contributed by atoms with Crippen LogP contribution >= 0.6 is 15.9 Å². The second-order valence-electron chi connectivity index (χ2n) is 3.61. The Morgan fingerprint density at radius 2 is 2.12 bits per heavy atom. The first-order valence-electron chi connectivity index (χ1n) is 5.02. The Morgan fingerprint density at radius 1 is 1.44 bits per heavy atom. The first-order chi connectivity index (χ1) is 7.58. The van der Waals surface area contributed by atoms with E-state index in [-0.39, 0.29) is 12.1 Å². The number of benzene rings is 1. The van der Waals surface area contributed by atoms with Gasteiger partial charge in [0.15, 0.2) is 0 Å². The second-order valence-corrected chi connectivity index (χ2v) is 4.17.